The maximum atomic E-state index is 12.7. The van der Waals surface area contributed by atoms with Crippen molar-refractivity contribution < 1.29 is 13.2 Å². The molecule has 0 radical (unpaired) electrons. The molecule has 1 aromatic heterocycles. The van der Waals surface area contributed by atoms with Crippen LogP contribution in [0.4, 0.5) is 13.2 Å². The van der Waals surface area contributed by atoms with Gasteiger partial charge in [0.05, 0.1) is 15.6 Å². The van der Waals surface area contributed by atoms with Gasteiger partial charge in [0.1, 0.15) is 0 Å². The SMILES string of the molecule is CN1CCC(Cn2sc3cc(C(F)(F)F)ccc3c2=O)CC1. The van der Waals surface area contributed by atoms with E-state index in [1.165, 1.54) is 6.07 Å². The third-order valence-corrected chi connectivity index (χ3v) is 5.31. The van der Waals surface area contributed by atoms with Crippen molar-refractivity contribution in [1.29, 1.82) is 0 Å². The highest BCUT2D eigenvalue weighted by Gasteiger charge is 2.31. The minimum absolute atomic E-state index is 0.173. The summed E-state index contributed by atoms with van der Waals surface area (Å²) in [4.78, 5) is 14.6. The number of piperidine rings is 1. The standard InChI is InChI=1S/C15H17F3N2OS/c1-19-6-4-10(5-7-19)9-20-14(21)12-3-2-11(15(16,17)18)8-13(12)22-20/h2-3,8,10H,4-7,9H2,1H3. The Labute approximate surface area is 130 Å². The summed E-state index contributed by atoms with van der Waals surface area (Å²) in [6.45, 7) is 2.61. The molecule has 7 heteroatoms. The van der Waals surface area contributed by atoms with E-state index in [0.717, 1.165) is 49.6 Å². The van der Waals surface area contributed by atoms with Gasteiger partial charge in [0.15, 0.2) is 0 Å². The van der Waals surface area contributed by atoms with Gasteiger partial charge in [-0.15, -0.1) is 0 Å². The van der Waals surface area contributed by atoms with E-state index in [-0.39, 0.29) is 5.56 Å². The number of alkyl halides is 3. The summed E-state index contributed by atoms with van der Waals surface area (Å²) in [5.41, 5.74) is -0.875. The quantitative estimate of drug-likeness (QED) is 0.843. The second-order valence-corrected chi connectivity index (χ2v) is 6.98. The highest BCUT2D eigenvalue weighted by molar-refractivity contribution is 7.13. The van der Waals surface area contributed by atoms with E-state index in [1.54, 1.807) is 3.96 Å². The zero-order valence-corrected chi connectivity index (χ0v) is 13.0. The van der Waals surface area contributed by atoms with Gasteiger partial charge in [-0.2, -0.15) is 13.2 Å². The van der Waals surface area contributed by atoms with Gasteiger partial charge in [-0.25, -0.2) is 0 Å². The van der Waals surface area contributed by atoms with Crippen LogP contribution in [-0.2, 0) is 12.7 Å². The van der Waals surface area contributed by atoms with E-state index in [1.807, 2.05) is 0 Å². The molecule has 0 saturated carbocycles. The molecule has 120 valence electrons. The highest BCUT2D eigenvalue weighted by atomic mass is 32.1. The van der Waals surface area contributed by atoms with Crippen molar-refractivity contribution in [1.82, 2.24) is 8.86 Å². The third-order valence-electron chi connectivity index (χ3n) is 4.24. The third kappa shape index (κ3) is 3.05. The molecule has 1 saturated heterocycles. The van der Waals surface area contributed by atoms with Crippen molar-refractivity contribution in [3.63, 3.8) is 0 Å². The molecule has 0 N–H and O–H groups in total. The zero-order valence-electron chi connectivity index (χ0n) is 12.2. The fourth-order valence-corrected chi connectivity index (χ4v) is 3.98. The van der Waals surface area contributed by atoms with Crippen LogP contribution in [0.15, 0.2) is 23.0 Å². The lowest BCUT2D eigenvalue weighted by molar-refractivity contribution is -0.137. The molecule has 0 atom stereocenters. The number of benzene rings is 1. The first-order chi connectivity index (χ1) is 10.3. The zero-order chi connectivity index (χ0) is 15.9. The van der Waals surface area contributed by atoms with Gasteiger partial charge in [0, 0.05) is 6.54 Å². The minimum Gasteiger partial charge on any atom is -0.306 e. The molecule has 1 fully saturated rings. The molecule has 3 rings (SSSR count). The predicted octanol–water partition coefficient (Wildman–Crippen LogP) is 3.42. The topological polar surface area (TPSA) is 25.2 Å². The molecule has 0 spiro atoms. The van der Waals surface area contributed by atoms with E-state index in [0.29, 0.717) is 22.5 Å². The van der Waals surface area contributed by atoms with Gasteiger partial charge in [-0.05, 0) is 57.1 Å². The molecule has 2 aromatic rings. The summed E-state index contributed by atoms with van der Waals surface area (Å²) >= 11 is 1.14. The normalized spacial score (nSPS) is 18.2. The number of likely N-dealkylation sites (tertiary alicyclic amines) is 1. The van der Waals surface area contributed by atoms with Crippen molar-refractivity contribution >= 4 is 21.6 Å². The largest absolute Gasteiger partial charge is 0.416 e. The predicted molar refractivity (Wildman–Crippen MR) is 81.3 cm³/mol. The number of rotatable bonds is 2. The van der Waals surface area contributed by atoms with Gasteiger partial charge >= 0.3 is 6.18 Å². The second-order valence-electron chi connectivity index (χ2n) is 5.91. The molecular formula is C15H17F3N2OS. The summed E-state index contributed by atoms with van der Waals surface area (Å²) in [6, 6.07) is 3.35. The van der Waals surface area contributed by atoms with Crippen LogP contribution in [-0.4, -0.2) is 29.0 Å². The number of nitrogens with zero attached hydrogens (tertiary/aromatic N) is 2. The monoisotopic (exact) mass is 330 g/mol. The van der Waals surface area contributed by atoms with Crippen LogP contribution in [0.2, 0.25) is 0 Å². The summed E-state index contributed by atoms with van der Waals surface area (Å²) in [5, 5.41) is 0.380. The van der Waals surface area contributed by atoms with Crippen LogP contribution in [0.25, 0.3) is 10.1 Å². The van der Waals surface area contributed by atoms with Crippen LogP contribution >= 0.6 is 11.5 Å². The molecule has 0 bridgehead atoms. The Morgan fingerprint density at radius 3 is 2.59 bits per heavy atom. The maximum absolute atomic E-state index is 12.7. The highest BCUT2D eigenvalue weighted by Crippen LogP contribution is 2.32. The average Bonchev–Trinajstić information content (AvgIpc) is 2.77. The Hall–Kier alpha value is -1.34. The van der Waals surface area contributed by atoms with Crippen LogP contribution < -0.4 is 5.56 Å². The van der Waals surface area contributed by atoms with Crippen LogP contribution in [0.5, 0.6) is 0 Å². The lowest BCUT2D eigenvalue weighted by atomic mass is 9.97. The van der Waals surface area contributed by atoms with Crippen molar-refractivity contribution in [2.75, 3.05) is 20.1 Å². The van der Waals surface area contributed by atoms with E-state index in [4.69, 9.17) is 0 Å². The van der Waals surface area contributed by atoms with Gasteiger partial charge in [0.25, 0.3) is 5.56 Å². The van der Waals surface area contributed by atoms with E-state index in [9.17, 15) is 18.0 Å². The molecule has 3 nitrogen and oxygen atoms in total. The molecular weight excluding hydrogens is 313 g/mol. The molecule has 22 heavy (non-hydrogen) atoms. The lowest BCUT2D eigenvalue weighted by Gasteiger charge is -2.28. The van der Waals surface area contributed by atoms with Gasteiger partial charge in [0.2, 0.25) is 0 Å². The Bertz CT molecular complexity index is 726. The Morgan fingerprint density at radius 2 is 1.95 bits per heavy atom. The fraction of sp³-hybridized carbons (Fsp3) is 0.533. The van der Waals surface area contributed by atoms with Crippen molar-refractivity contribution in [3.8, 4) is 0 Å². The molecule has 1 aromatic carbocycles. The lowest BCUT2D eigenvalue weighted by Crippen LogP contribution is -2.32. The fourth-order valence-electron chi connectivity index (χ4n) is 2.84. The summed E-state index contributed by atoms with van der Waals surface area (Å²) in [6.07, 6.45) is -2.34. The molecule has 0 aliphatic carbocycles. The van der Waals surface area contributed by atoms with Gasteiger partial charge < -0.3 is 4.90 Å². The van der Waals surface area contributed by atoms with Crippen molar-refractivity contribution in [2.24, 2.45) is 5.92 Å². The minimum atomic E-state index is -4.37. The molecule has 2 heterocycles. The number of fused-ring (bicyclic) bond motifs is 1. The van der Waals surface area contributed by atoms with E-state index in [2.05, 4.69) is 11.9 Å². The summed E-state index contributed by atoms with van der Waals surface area (Å²) in [7, 11) is 2.07. The number of hydrogen-bond donors (Lipinski definition) is 0. The number of halogens is 3. The maximum Gasteiger partial charge on any atom is 0.416 e. The first kappa shape index (κ1) is 15.6. The van der Waals surface area contributed by atoms with Crippen LogP contribution in [0, 0.1) is 5.92 Å². The Kier molecular flexibility index (Phi) is 4.03. The smallest absolute Gasteiger partial charge is 0.306 e. The number of aromatic nitrogens is 1. The van der Waals surface area contributed by atoms with Crippen molar-refractivity contribution in [2.45, 2.75) is 25.6 Å². The Morgan fingerprint density at radius 1 is 1.27 bits per heavy atom. The van der Waals surface area contributed by atoms with Gasteiger partial charge in [-0.1, -0.05) is 11.5 Å². The van der Waals surface area contributed by atoms with E-state index >= 15 is 0 Å². The first-order valence-electron chi connectivity index (χ1n) is 7.24. The molecule has 0 unspecified atom stereocenters. The van der Waals surface area contributed by atoms with E-state index < -0.39 is 11.7 Å². The molecule has 0 amide bonds. The molecule has 1 aliphatic rings. The molecule has 1 aliphatic heterocycles. The second kappa shape index (κ2) is 5.70. The summed E-state index contributed by atoms with van der Waals surface area (Å²) < 4.78 is 40.3. The van der Waals surface area contributed by atoms with Gasteiger partial charge in [-0.3, -0.25) is 8.75 Å². The first-order valence-corrected chi connectivity index (χ1v) is 8.01. The van der Waals surface area contributed by atoms with Crippen molar-refractivity contribution in [3.05, 3.63) is 34.1 Å². The average molecular weight is 330 g/mol. The van der Waals surface area contributed by atoms with Crippen LogP contribution in [0.1, 0.15) is 18.4 Å². The summed E-state index contributed by atoms with van der Waals surface area (Å²) in [5.74, 6) is 0.420. The van der Waals surface area contributed by atoms with Crippen LogP contribution in [0.3, 0.4) is 0 Å². The number of hydrogen-bond acceptors (Lipinski definition) is 3. The Balaban J connectivity index is 1.88.